The van der Waals surface area contributed by atoms with E-state index < -0.39 is 0 Å². The first-order valence-electron chi connectivity index (χ1n) is 9.09. The Morgan fingerprint density at radius 2 is 1.82 bits per heavy atom. The molecule has 2 aromatic carbocycles. The van der Waals surface area contributed by atoms with Crippen LogP contribution in [0.3, 0.4) is 0 Å². The molecule has 4 aromatic rings. The second-order valence-corrected chi connectivity index (χ2v) is 7.59. The number of phenolic OH excluding ortho intramolecular Hbond substituents is 1. The number of H-pyrrole nitrogens is 1. The van der Waals surface area contributed by atoms with E-state index in [9.17, 15) is 5.11 Å². The van der Waals surface area contributed by atoms with Crippen LogP contribution >= 0.6 is 0 Å². The Bertz CT molecular complexity index is 1130. The van der Waals surface area contributed by atoms with Crippen LogP contribution in [0.25, 0.3) is 11.0 Å². The van der Waals surface area contributed by atoms with Gasteiger partial charge >= 0.3 is 0 Å². The van der Waals surface area contributed by atoms with Gasteiger partial charge in [-0.15, -0.1) is 0 Å². The first-order chi connectivity index (χ1) is 13.4. The standard InChI is InChI=1S/C22H22N4O2/c1-22(2,3)14-8-4-5-12-18(14)28-20-16(10-7-13-23-20)25-21-24-15-9-6-11-17(27)19(15)26-21/h4-13,27H,1-3H3,(H2,24,25,26). The van der Waals surface area contributed by atoms with Crippen LogP contribution in [-0.4, -0.2) is 20.1 Å². The van der Waals surface area contributed by atoms with Gasteiger partial charge in [0, 0.05) is 11.8 Å². The number of nitrogens with one attached hydrogen (secondary N) is 2. The maximum Gasteiger partial charge on any atom is 0.243 e. The molecule has 4 rings (SSSR count). The van der Waals surface area contributed by atoms with Gasteiger partial charge in [0.15, 0.2) is 0 Å². The molecule has 0 unspecified atom stereocenters. The zero-order valence-electron chi connectivity index (χ0n) is 16.0. The minimum Gasteiger partial charge on any atom is -0.506 e. The number of rotatable bonds is 4. The lowest BCUT2D eigenvalue weighted by molar-refractivity contribution is 0.442. The van der Waals surface area contributed by atoms with E-state index >= 15 is 0 Å². The maximum atomic E-state index is 9.96. The number of aromatic amines is 1. The Hall–Kier alpha value is -3.54. The second-order valence-electron chi connectivity index (χ2n) is 7.59. The van der Waals surface area contributed by atoms with E-state index in [2.05, 4.69) is 47.1 Å². The van der Waals surface area contributed by atoms with Crippen molar-refractivity contribution in [2.24, 2.45) is 0 Å². The number of pyridine rings is 1. The molecular formula is C22H22N4O2. The number of phenols is 1. The summed E-state index contributed by atoms with van der Waals surface area (Å²) in [5.41, 5.74) is 2.96. The van der Waals surface area contributed by atoms with Gasteiger partial charge in [0.1, 0.15) is 22.7 Å². The summed E-state index contributed by atoms with van der Waals surface area (Å²) in [7, 11) is 0. The van der Waals surface area contributed by atoms with Gasteiger partial charge in [-0.1, -0.05) is 45.0 Å². The van der Waals surface area contributed by atoms with Crippen LogP contribution in [0.5, 0.6) is 17.4 Å². The number of aromatic nitrogens is 3. The van der Waals surface area contributed by atoms with Crippen LogP contribution < -0.4 is 10.1 Å². The van der Waals surface area contributed by atoms with Crippen LogP contribution in [0, 0.1) is 0 Å². The molecule has 6 heteroatoms. The molecular weight excluding hydrogens is 352 g/mol. The molecule has 142 valence electrons. The first kappa shape index (κ1) is 17.9. The quantitative estimate of drug-likeness (QED) is 0.439. The molecule has 28 heavy (non-hydrogen) atoms. The number of nitrogens with zero attached hydrogens (tertiary/aromatic N) is 2. The molecule has 2 aromatic heterocycles. The monoisotopic (exact) mass is 374 g/mol. The van der Waals surface area contributed by atoms with Crippen LogP contribution in [0.15, 0.2) is 60.8 Å². The zero-order chi connectivity index (χ0) is 19.7. The molecule has 0 spiro atoms. The summed E-state index contributed by atoms with van der Waals surface area (Å²) in [6.45, 7) is 6.44. The third-order valence-electron chi connectivity index (χ3n) is 4.42. The predicted octanol–water partition coefficient (Wildman–Crippen LogP) is 5.50. The summed E-state index contributed by atoms with van der Waals surface area (Å²) >= 11 is 0. The lowest BCUT2D eigenvalue weighted by Crippen LogP contribution is -2.12. The van der Waals surface area contributed by atoms with Crippen molar-refractivity contribution in [2.75, 3.05) is 5.32 Å². The highest BCUT2D eigenvalue weighted by molar-refractivity contribution is 5.84. The van der Waals surface area contributed by atoms with Crippen molar-refractivity contribution >= 4 is 22.7 Å². The molecule has 0 fully saturated rings. The molecule has 3 N–H and O–H groups in total. The fraction of sp³-hybridized carbons (Fsp3) is 0.182. The molecule has 0 bridgehead atoms. The highest BCUT2D eigenvalue weighted by Gasteiger charge is 2.20. The smallest absolute Gasteiger partial charge is 0.243 e. The molecule has 0 saturated heterocycles. The Morgan fingerprint density at radius 1 is 1.00 bits per heavy atom. The van der Waals surface area contributed by atoms with Crippen molar-refractivity contribution in [3.8, 4) is 17.4 Å². The van der Waals surface area contributed by atoms with Gasteiger partial charge in [-0.05, 0) is 35.7 Å². The Morgan fingerprint density at radius 3 is 2.61 bits per heavy atom. The summed E-state index contributed by atoms with van der Waals surface area (Å²) in [4.78, 5) is 11.9. The molecule has 0 amide bonds. The number of benzene rings is 2. The largest absolute Gasteiger partial charge is 0.506 e. The number of para-hydroxylation sites is 2. The second kappa shape index (κ2) is 6.88. The molecule has 6 nitrogen and oxygen atoms in total. The minimum absolute atomic E-state index is 0.0603. The van der Waals surface area contributed by atoms with E-state index in [-0.39, 0.29) is 11.2 Å². The van der Waals surface area contributed by atoms with E-state index in [1.807, 2.05) is 36.4 Å². The number of hydrogen-bond acceptors (Lipinski definition) is 5. The molecule has 0 radical (unpaired) electrons. The van der Waals surface area contributed by atoms with Crippen molar-refractivity contribution in [1.29, 1.82) is 0 Å². The van der Waals surface area contributed by atoms with E-state index in [0.29, 0.717) is 23.0 Å². The fourth-order valence-corrected chi connectivity index (χ4v) is 3.05. The number of ether oxygens (including phenoxy) is 1. The highest BCUT2D eigenvalue weighted by Crippen LogP contribution is 2.36. The zero-order valence-corrected chi connectivity index (χ0v) is 16.0. The van der Waals surface area contributed by atoms with E-state index in [1.165, 1.54) is 0 Å². The van der Waals surface area contributed by atoms with Crippen molar-refractivity contribution in [2.45, 2.75) is 26.2 Å². The van der Waals surface area contributed by atoms with Gasteiger partial charge in [0.25, 0.3) is 0 Å². The van der Waals surface area contributed by atoms with Crippen LogP contribution in [0.4, 0.5) is 11.6 Å². The van der Waals surface area contributed by atoms with Crippen molar-refractivity contribution < 1.29 is 9.84 Å². The first-order valence-corrected chi connectivity index (χ1v) is 9.09. The fourth-order valence-electron chi connectivity index (χ4n) is 3.05. The third kappa shape index (κ3) is 3.49. The average Bonchev–Trinajstić information content (AvgIpc) is 3.07. The van der Waals surface area contributed by atoms with E-state index in [0.717, 1.165) is 16.8 Å². The summed E-state index contributed by atoms with van der Waals surface area (Å²) < 4.78 is 6.17. The average molecular weight is 374 g/mol. The molecule has 0 aliphatic heterocycles. The topological polar surface area (TPSA) is 83.1 Å². The minimum atomic E-state index is -0.0603. The number of imidazole rings is 1. The number of hydrogen-bond donors (Lipinski definition) is 3. The predicted molar refractivity (Wildman–Crippen MR) is 110 cm³/mol. The Labute approximate surface area is 163 Å². The van der Waals surface area contributed by atoms with Gasteiger partial charge < -0.3 is 20.1 Å². The van der Waals surface area contributed by atoms with Crippen LogP contribution in [-0.2, 0) is 5.41 Å². The van der Waals surface area contributed by atoms with Gasteiger partial charge in [-0.2, -0.15) is 0 Å². The summed E-state index contributed by atoms with van der Waals surface area (Å²) in [5.74, 6) is 1.84. The normalized spacial score (nSPS) is 11.5. The third-order valence-corrected chi connectivity index (χ3v) is 4.42. The van der Waals surface area contributed by atoms with Gasteiger partial charge in [0.05, 0.1) is 5.52 Å². The number of anilines is 2. The van der Waals surface area contributed by atoms with Crippen molar-refractivity contribution in [3.63, 3.8) is 0 Å². The van der Waals surface area contributed by atoms with Gasteiger partial charge in [0.2, 0.25) is 11.8 Å². The molecule has 0 saturated carbocycles. The lowest BCUT2D eigenvalue weighted by atomic mass is 9.86. The van der Waals surface area contributed by atoms with Gasteiger partial charge in [-0.3, -0.25) is 0 Å². The molecule has 0 aliphatic carbocycles. The number of fused-ring (bicyclic) bond motifs is 1. The molecule has 0 aliphatic rings. The highest BCUT2D eigenvalue weighted by atomic mass is 16.5. The molecule has 2 heterocycles. The summed E-state index contributed by atoms with van der Waals surface area (Å²) in [6.07, 6.45) is 1.69. The summed E-state index contributed by atoms with van der Waals surface area (Å²) in [5, 5.41) is 13.2. The molecule has 0 atom stereocenters. The van der Waals surface area contributed by atoms with Crippen molar-refractivity contribution in [3.05, 3.63) is 66.4 Å². The SMILES string of the molecule is CC(C)(C)c1ccccc1Oc1ncccc1Nc1nc2c(O)cccc2[nH]1. The Balaban J connectivity index is 1.67. The van der Waals surface area contributed by atoms with Crippen molar-refractivity contribution in [1.82, 2.24) is 15.0 Å². The van der Waals surface area contributed by atoms with Gasteiger partial charge in [-0.25, -0.2) is 9.97 Å². The van der Waals surface area contributed by atoms with E-state index in [1.54, 1.807) is 18.3 Å². The van der Waals surface area contributed by atoms with E-state index in [4.69, 9.17) is 4.74 Å². The van der Waals surface area contributed by atoms with Crippen LogP contribution in [0.1, 0.15) is 26.3 Å². The summed E-state index contributed by atoms with van der Waals surface area (Å²) in [6, 6.07) is 16.9. The number of aromatic hydroxyl groups is 1. The maximum absolute atomic E-state index is 9.96. The Kier molecular flexibility index (Phi) is 4.39. The van der Waals surface area contributed by atoms with Crippen LogP contribution in [0.2, 0.25) is 0 Å². The lowest BCUT2D eigenvalue weighted by Gasteiger charge is -2.22.